The van der Waals surface area contributed by atoms with Crippen LogP contribution in [-0.2, 0) is 11.3 Å². The van der Waals surface area contributed by atoms with Gasteiger partial charge in [-0.15, -0.1) is 11.6 Å². The van der Waals surface area contributed by atoms with Crippen molar-refractivity contribution in [3.63, 3.8) is 0 Å². The average Bonchev–Trinajstić information content (AvgIpc) is 2.16. The largest absolute Gasteiger partial charge is 0.351 e. The Kier molecular flexibility index (Phi) is 4.42. The molecule has 76 valence electrons. The highest BCUT2D eigenvalue weighted by atomic mass is 79.9. The van der Waals surface area contributed by atoms with E-state index in [1.807, 2.05) is 25.1 Å². The number of alkyl halides is 1. The zero-order valence-corrected chi connectivity index (χ0v) is 10.2. The number of benzene rings is 1. The Hall–Kier alpha value is -0.540. The zero-order valence-electron chi connectivity index (χ0n) is 7.81. The van der Waals surface area contributed by atoms with Crippen LogP contribution in [-0.4, -0.2) is 11.8 Å². The summed E-state index contributed by atoms with van der Waals surface area (Å²) in [6, 6.07) is 5.95. The number of halogens is 2. The number of rotatable bonds is 3. The molecular weight excluding hydrogens is 265 g/mol. The molecule has 0 radical (unpaired) electrons. The fourth-order valence-electron chi connectivity index (χ4n) is 1.10. The van der Waals surface area contributed by atoms with Crippen molar-refractivity contribution in [1.82, 2.24) is 5.32 Å². The zero-order chi connectivity index (χ0) is 10.6. The van der Waals surface area contributed by atoms with Gasteiger partial charge in [0.2, 0.25) is 5.91 Å². The molecule has 1 amide bonds. The van der Waals surface area contributed by atoms with E-state index in [0.717, 1.165) is 15.6 Å². The Morgan fingerprint density at radius 2 is 2.29 bits per heavy atom. The third-order valence-electron chi connectivity index (χ3n) is 1.90. The van der Waals surface area contributed by atoms with Crippen LogP contribution in [0.4, 0.5) is 0 Å². The Morgan fingerprint density at radius 3 is 2.86 bits per heavy atom. The van der Waals surface area contributed by atoms with Gasteiger partial charge in [-0.1, -0.05) is 22.0 Å². The molecule has 0 unspecified atom stereocenters. The molecule has 0 spiro atoms. The van der Waals surface area contributed by atoms with Crippen LogP contribution in [0.2, 0.25) is 0 Å². The van der Waals surface area contributed by atoms with Gasteiger partial charge < -0.3 is 5.32 Å². The molecule has 2 nitrogen and oxygen atoms in total. The first-order valence-corrected chi connectivity index (χ1v) is 5.54. The van der Waals surface area contributed by atoms with E-state index in [1.165, 1.54) is 0 Å². The van der Waals surface area contributed by atoms with Crippen molar-refractivity contribution in [2.75, 3.05) is 5.88 Å². The Morgan fingerprint density at radius 1 is 1.57 bits per heavy atom. The molecule has 0 saturated heterocycles. The quantitative estimate of drug-likeness (QED) is 0.845. The molecule has 4 heteroatoms. The fourth-order valence-corrected chi connectivity index (χ4v) is 1.67. The molecule has 0 saturated carbocycles. The lowest BCUT2D eigenvalue weighted by atomic mass is 10.1. The first kappa shape index (κ1) is 11.5. The fraction of sp³-hybridized carbons (Fsp3) is 0.300. The summed E-state index contributed by atoms with van der Waals surface area (Å²) in [4.78, 5) is 10.9. The third kappa shape index (κ3) is 3.31. The van der Waals surface area contributed by atoms with Gasteiger partial charge in [0.15, 0.2) is 0 Å². The highest BCUT2D eigenvalue weighted by molar-refractivity contribution is 9.10. The van der Waals surface area contributed by atoms with E-state index < -0.39 is 0 Å². The van der Waals surface area contributed by atoms with Crippen LogP contribution >= 0.6 is 27.5 Å². The predicted octanol–water partition coefficient (Wildman–Crippen LogP) is 2.61. The molecule has 14 heavy (non-hydrogen) atoms. The van der Waals surface area contributed by atoms with Crippen LogP contribution in [0.25, 0.3) is 0 Å². The number of aryl methyl sites for hydroxylation is 1. The second-order valence-electron chi connectivity index (χ2n) is 2.98. The Balaban J connectivity index is 2.63. The van der Waals surface area contributed by atoms with E-state index in [2.05, 4.69) is 21.2 Å². The molecule has 0 fully saturated rings. The summed E-state index contributed by atoms with van der Waals surface area (Å²) in [6.45, 7) is 2.54. The minimum Gasteiger partial charge on any atom is -0.351 e. The standard InChI is InChI=1S/C10H11BrClNO/c1-7-4-9(11)3-2-8(7)6-13-10(14)5-12/h2-4H,5-6H2,1H3,(H,13,14). The van der Waals surface area contributed by atoms with Crippen LogP contribution in [0.15, 0.2) is 22.7 Å². The average molecular weight is 277 g/mol. The van der Waals surface area contributed by atoms with Crippen molar-refractivity contribution in [3.05, 3.63) is 33.8 Å². The predicted molar refractivity (Wildman–Crippen MR) is 61.4 cm³/mol. The maximum absolute atomic E-state index is 10.9. The maximum atomic E-state index is 10.9. The van der Waals surface area contributed by atoms with Crippen LogP contribution in [0.5, 0.6) is 0 Å². The Labute approximate surface area is 96.8 Å². The summed E-state index contributed by atoms with van der Waals surface area (Å²) < 4.78 is 1.04. The van der Waals surface area contributed by atoms with Crippen LogP contribution in [0.3, 0.4) is 0 Å². The maximum Gasteiger partial charge on any atom is 0.235 e. The molecule has 0 aliphatic heterocycles. The lowest BCUT2D eigenvalue weighted by Gasteiger charge is -2.06. The van der Waals surface area contributed by atoms with Crippen LogP contribution in [0, 0.1) is 6.92 Å². The van der Waals surface area contributed by atoms with Gasteiger partial charge in [-0.25, -0.2) is 0 Å². The summed E-state index contributed by atoms with van der Waals surface area (Å²) in [5.41, 5.74) is 2.25. The summed E-state index contributed by atoms with van der Waals surface area (Å²) in [5, 5.41) is 2.72. The number of hydrogen-bond acceptors (Lipinski definition) is 1. The summed E-state index contributed by atoms with van der Waals surface area (Å²) in [5.74, 6) is -0.135. The van der Waals surface area contributed by atoms with Gasteiger partial charge >= 0.3 is 0 Å². The highest BCUT2D eigenvalue weighted by Gasteiger charge is 2.01. The number of amides is 1. The number of carbonyl (C=O) groups is 1. The number of nitrogens with one attached hydrogen (secondary N) is 1. The summed E-state index contributed by atoms with van der Waals surface area (Å²) in [6.07, 6.45) is 0. The molecule has 1 N–H and O–H groups in total. The van der Waals surface area contributed by atoms with Crippen molar-refractivity contribution in [1.29, 1.82) is 0 Å². The molecule has 1 aromatic rings. The molecule has 1 rings (SSSR count). The van der Waals surface area contributed by atoms with Gasteiger partial charge in [-0.05, 0) is 30.2 Å². The topological polar surface area (TPSA) is 29.1 Å². The monoisotopic (exact) mass is 275 g/mol. The molecule has 0 aromatic heterocycles. The summed E-state index contributed by atoms with van der Waals surface area (Å²) in [7, 11) is 0. The van der Waals surface area contributed by atoms with Crippen molar-refractivity contribution < 1.29 is 4.79 Å². The summed E-state index contributed by atoms with van der Waals surface area (Å²) >= 11 is 8.75. The first-order chi connectivity index (χ1) is 6.63. The van der Waals surface area contributed by atoms with Gasteiger partial charge in [0.05, 0.1) is 0 Å². The van der Waals surface area contributed by atoms with E-state index >= 15 is 0 Å². The lowest BCUT2D eigenvalue weighted by molar-refractivity contribution is -0.118. The van der Waals surface area contributed by atoms with Gasteiger partial charge in [-0.2, -0.15) is 0 Å². The van der Waals surface area contributed by atoms with Crippen molar-refractivity contribution in [2.24, 2.45) is 0 Å². The van der Waals surface area contributed by atoms with Gasteiger partial charge in [0, 0.05) is 11.0 Å². The second-order valence-corrected chi connectivity index (χ2v) is 4.16. The van der Waals surface area contributed by atoms with E-state index in [9.17, 15) is 4.79 Å². The number of carbonyl (C=O) groups excluding carboxylic acids is 1. The van der Waals surface area contributed by atoms with Crippen molar-refractivity contribution in [2.45, 2.75) is 13.5 Å². The van der Waals surface area contributed by atoms with Gasteiger partial charge in [-0.3, -0.25) is 4.79 Å². The van der Waals surface area contributed by atoms with E-state index in [1.54, 1.807) is 0 Å². The van der Waals surface area contributed by atoms with Gasteiger partial charge in [0.25, 0.3) is 0 Å². The molecule has 0 atom stereocenters. The minimum atomic E-state index is -0.144. The molecule has 1 aromatic carbocycles. The molecule has 0 aliphatic rings. The van der Waals surface area contributed by atoms with Gasteiger partial charge in [0.1, 0.15) is 5.88 Å². The van der Waals surface area contributed by atoms with E-state index in [-0.39, 0.29) is 11.8 Å². The van der Waals surface area contributed by atoms with Crippen molar-refractivity contribution in [3.8, 4) is 0 Å². The lowest BCUT2D eigenvalue weighted by Crippen LogP contribution is -2.24. The molecule has 0 heterocycles. The SMILES string of the molecule is Cc1cc(Br)ccc1CNC(=O)CCl. The van der Waals surface area contributed by atoms with Crippen LogP contribution in [0.1, 0.15) is 11.1 Å². The second kappa shape index (κ2) is 5.37. The molecule has 0 aliphatic carbocycles. The normalized spacial score (nSPS) is 9.93. The highest BCUT2D eigenvalue weighted by Crippen LogP contribution is 2.15. The molecular formula is C10H11BrClNO. The smallest absolute Gasteiger partial charge is 0.235 e. The third-order valence-corrected chi connectivity index (χ3v) is 2.64. The van der Waals surface area contributed by atoms with Crippen molar-refractivity contribution >= 4 is 33.4 Å². The van der Waals surface area contributed by atoms with E-state index in [0.29, 0.717) is 6.54 Å². The first-order valence-electron chi connectivity index (χ1n) is 4.21. The van der Waals surface area contributed by atoms with E-state index in [4.69, 9.17) is 11.6 Å². The molecule has 0 bridgehead atoms. The number of hydrogen-bond donors (Lipinski definition) is 1. The minimum absolute atomic E-state index is 0.00950. The van der Waals surface area contributed by atoms with Crippen LogP contribution < -0.4 is 5.32 Å². The Bertz CT molecular complexity index is 341.